The van der Waals surface area contributed by atoms with E-state index in [-0.39, 0.29) is 12.5 Å². The second kappa shape index (κ2) is 6.66. The highest BCUT2D eigenvalue weighted by atomic mass is 19.4. The molecule has 2 nitrogen and oxygen atoms in total. The van der Waals surface area contributed by atoms with Crippen LogP contribution in [-0.4, -0.2) is 18.8 Å². The average molecular weight is 208 g/mol. The van der Waals surface area contributed by atoms with Crippen molar-refractivity contribution in [3.05, 3.63) is 0 Å². The molecule has 14 heavy (non-hydrogen) atoms. The van der Waals surface area contributed by atoms with Crippen LogP contribution in [0, 0.1) is 11.3 Å². The van der Waals surface area contributed by atoms with E-state index in [0.29, 0.717) is 19.4 Å². The van der Waals surface area contributed by atoms with Gasteiger partial charge in [0.25, 0.3) is 0 Å². The highest BCUT2D eigenvalue weighted by Crippen LogP contribution is 2.22. The molecule has 0 heterocycles. The summed E-state index contributed by atoms with van der Waals surface area (Å²) in [5.74, 6) is 0. The number of nitrogens with one attached hydrogen (secondary N) is 1. The fourth-order valence-electron chi connectivity index (χ4n) is 1.09. The smallest absolute Gasteiger partial charge is 0.313 e. The zero-order chi connectivity index (χ0) is 11.0. The molecule has 0 rings (SSSR count). The van der Waals surface area contributed by atoms with Gasteiger partial charge in [0.2, 0.25) is 0 Å². The van der Waals surface area contributed by atoms with Gasteiger partial charge in [-0.05, 0) is 19.8 Å². The predicted octanol–water partition coefficient (Wildman–Crippen LogP) is 2.61. The maximum Gasteiger partial charge on any atom is 0.389 e. The van der Waals surface area contributed by atoms with Crippen molar-refractivity contribution < 1.29 is 13.2 Å². The van der Waals surface area contributed by atoms with E-state index >= 15 is 0 Å². The molecule has 0 saturated heterocycles. The first-order valence-electron chi connectivity index (χ1n) is 4.63. The van der Waals surface area contributed by atoms with Crippen molar-refractivity contribution >= 4 is 0 Å². The summed E-state index contributed by atoms with van der Waals surface area (Å²) in [5.41, 5.74) is 0. The zero-order valence-electron chi connectivity index (χ0n) is 8.19. The van der Waals surface area contributed by atoms with Gasteiger partial charge in [-0.25, -0.2) is 0 Å². The molecular weight excluding hydrogens is 193 g/mol. The third-order valence-electron chi connectivity index (χ3n) is 1.83. The summed E-state index contributed by atoms with van der Waals surface area (Å²) in [6.45, 7) is 2.37. The molecule has 82 valence electrons. The van der Waals surface area contributed by atoms with Gasteiger partial charge in [0.15, 0.2) is 0 Å². The number of alkyl halides is 3. The second-order valence-electron chi connectivity index (χ2n) is 3.27. The van der Waals surface area contributed by atoms with Gasteiger partial charge in [-0.2, -0.15) is 18.4 Å². The van der Waals surface area contributed by atoms with Gasteiger partial charge >= 0.3 is 6.18 Å². The molecule has 1 atom stereocenters. The quantitative estimate of drug-likeness (QED) is 0.681. The number of hydrogen-bond acceptors (Lipinski definition) is 2. The maximum absolute atomic E-state index is 11.7. The van der Waals surface area contributed by atoms with Crippen molar-refractivity contribution in [2.24, 2.45) is 0 Å². The molecule has 0 aromatic rings. The minimum atomic E-state index is -4.05. The summed E-state index contributed by atoms with van der Waals surface area (Å²) in [6, 6.07) is 2.01. The molecule has 0 spiro atoms. The van der Waals surface area contributed by atoms with E-state index in [0.717, 1.165) is 0 Å². The van der Waals surface area contributed by atoms with Crippen LogP contribution in [0.2, 0.25) is 0 Å². The van der Waals surface area contributed by atoms with Crippen molar-refractivity contribution in [1.29, 1.82) is 5.26 Å². The fourth-order valence-corrected chi connectivity index (χ4v) is 1.09. The van der Waals surface area contributed by atoms with Gasteiger partial charge in [0, 0.05) is 25.4 Å². The lowest BCUT2D eigenvalue weighted by molar-refractivity contribution is -0.135. The Hall–Kier alpha value is -0.760. The number of halogens is 3. The minimum absolute atomic E-state index is 0.0469. The Bertz CT molecular complexity index is 183. The Kier molecular flexibility index (Phi) is 6.30. The molecule has 1 N–H and O–H groups in total. The van der Waals surface area contributed by atoms with Gasteiger partial charge in [0.1, 0.15) is 0 Å². The molecule has 0 aliphatic heterocycles. The van der Waals surface area contributed by atoms with Crippen molar-refractivity contribution in [3.63, 3.8) is 0 Å². The van der Waals surface area contributed by atoms with Gasteiger partial charge in [0.05, 0.1) is 6.07 Å². The number of hydrogen-bond donors (Lipinski definition) is 1. The highest BCUT2D eigenvalue weighted by Gasteiger charge is 2.26. The van der Waals surface area contributed by atoms with E-state index in [2.05, 4.69) is 5.32 Å². The normalized spacial score (nSPS) is 13.6. The van der Waals surface area contributed by atoms with Crippen molar-refractivity contribution in [2.75, 3.05) is 6.54 Å². The predicted molar refractivity (Wildman–Crippen MR) is 47.6 cm³/mol. The van der Waals surface area contributed by atoms with E-state index in [9.17, 15) is 13.2 Å². The van der Waals surface area contributed by atoms with E-state index in [4.69, 9.17) is 5.26 Å². The lowest BCUT2D eigenvalue weighted by Crippen LogP contribution is -2.27. The van der Waals surface area contributed by atoms with Gasteiger partial charge in [-0.15, -0.1) is 0 Å². The van der Waals surface area contributed by atoms with Crippen molar-refractivity contribution in [1.82, 2.24) is 5.32 Å². The number of nitriles is 1. The number of rotatable bonds is 6. The van der Waals surface area contributed by atoms with Crippen LogP contribution in [0.3, 0.4) is 0 Å². The first kappa shape index (κ1) is 13.2. The summed E-state index contributed by atoms with van der Waals surface area (Å²) in [6.07, 6.45) is -3.75. The minimum Gasteiger partial charge on any atom is -0.313 e. The van der Waals surface area contributed by atoms with Crippen LogP contribution in [0.25, 0.3) is 0 Å². The molecule has 5 heteroatoms. The molecule has 0 aliphatic rings. The summed E-state index contributed by atoms with van der Waals surface area (Å²) in [4.78, 5) is 0. The summed E-state index contributed by atoms with van der Waals surface area (Å²) < 4.78 is 35.2. The molecule has 0 fully saturated rings. The standard InChI is InChI=1S/C9H15F3N2/c1-8(14-7-3-6-13)4-2-5-9(10,11)12/h8,14H,2-5,7H2,1H3. The molecule has 0 aromatic carbocycles. The van der Waals surface area contributed by atoms with Gasteiger partial charge in [-0.1, -0.05) is 0 Å². The lowest BCUT2D eigenvalue weighted by atomic mass is 10.1. The zero-order valence-corrected chi connectivity index (χ0v) is 8.19. The van der Waals surface area contributed by atoms with Crippen LogP contribution < -0.4 is 5.32 Å². The molecule has 0 aliphatic carbocycles. The number of nitrogens with zero attached hydrogens (tertiary/aromatic N) is 1. The van der Waals surface area contributed by atoms with Crippen LogP contribution in [0.4, 0.5) is 13.2 Å². The Morgan fingerprint density at radius 3 is 2.57 bits per heavy atom. The molecule has 0 radical (unpaired) electrons. The van der Waals surface area contributed by atoms with E-state index < -0.39 is 12.6 Å². The van der Waals surface area contributed by atoms with Crippen LogP contribution in [-0.2, 0) is 0 Å². The first-order valence-corrected chi connectivity index (χ1v) is 4.63. The highest BCUT2D eigenvalue weighted by molar-refractivity contribution is 4.72. The Morgan fingerprint density at radius 1 is 1.43 bits per heavy atom. The lowest BCUT2D eigenvalue weighted by Gasteiger charge is -2.13. The molecule has 1 unspecified atom stereocenters. The van der Waals surface area contributed by atoms with Crippen LogP contribution in [0.1, 0.15) is 32.6 Å². The van der Waals surface area contributed by atoms with Gasteiger partial charge in [-0.3, -0.25) is 0 Å². The largest absolute Gasteiger partial charge is 0.389 e. The topological polar surface area (TPSA) is 35.8 Å². The molecule has 0 bridgehead atoms. The first-order chi connectivity index (χ1) is 6.45. The third kappa shape index (κ3) is 9.33. The molecular formula is C9H15F3N2. The molecule has 0 saturated carbocycles. The van der Waals surface area contributed by atoms with Crippen LogP contribution in [0.15, 0.2) is 0 Å². The Labute approximate surface area is 82.1 Å². The summed E-state index contributed by atoms with van der Waals surface area (Å²) >= 11 is 0. The Morgan fingerprint density at radius 2 is 2.07 bits per heavy atom. The monoisotopic (exact) mass is 208 g/mol. The van der Waals surface area contributed by atoms with E-state index in [1.807, 2.05) is 13.0 Å². The van der Waals surface area contributed by atoms with Gasteiger partial charge < -0.3 is 5.32 Å². The molecule has 0 amide bonds. The average Bonchev–Trinajstić information content (AvgIpc) is 2.02. The Balaban J connectivity index is 3.36. The second-order valence-corrected chi connectivity index (χ2v) is 3.27. The van der Waals surface area contributed by atoms with E-state index in [1.165, 1.54) is 0 Å². The van der Waals surface area contributed by atoms with Crippen molar-refractivity contribution in [2.45, 2.75) is 44.8 Å². The summed E-state index contributed by atoms with van der Waals surface area (Å²) in [5, 5.41) is 11.2. The maximum atomic E-state index is 11.7. The van der Waals surface area contributed by atoms with Crippen LogP contribution >= 0.6 is 0 Å². The summed E-state index contributed by atoms with van der Waals surface area (Å²) in [7, 11) is 0. The SMILES string of the molecule is CC(CCCC(F)(F)F)NCCC#N. The van der Waals surface area contributed by atoms with Crippen molar-refractivity contribution in [3.8, 4) is 6.07 Å². The third-order valence-corrected chi connectivity index (χ3v) is 1.83. The fraction of sp³-hybridized carbons (Fsp3) is 0.889. The van der Waals surface area contributed by atoms with E-state index in [1.54, 1.807) is 0 Å². The molecule has 0 aromatic heterocycles. The van der Waals surface area contributed by atoms with Crippen LogP contribution in [0.5, 0.6) is 0 Å².